The minimum atomic E-state index is -0.812. The van der Waals surface area contributed by atoms with E-state index in [9.17, 15) is 9.59 Å². The number of benzene rings is 1. The number of ether oxygens (including phenoxy) is 3. The summed E-state index contributed by atoms with van der Waals surface area (Å²) in [6.45, 7) is 3.94. The summed E-state index contributed by atoms with van der Waals surface area (Å²) in [6.07, 6.45) is 6.36. The summed E-state index contributed by atoms with van der Waals surface area (Å²) in [4.78, 5) is 25.1. The van der Waals surface area contributed by atoms with Crippen LogP contribution in [0.1, 0.15) is 69.2 Å². The number of carbonyl (C=O) groups is 2. The second kappa shape index (κ2) is 9.74. The van der Waals surface area contributed by atoms with E-state index in [1.807, 2.05) is 13.8 Å². The lowest BCUT2D eigenvalue weighted by molar-refractivity contribution is -0.139. The second-order valence-electron chi connectivity index (χ2n) is 7.11. The molecule has 1 saturated carbocycles. The SMILES string of the molecule is CC[C@@H](C)Oc1ccc(NC(=O)C2(OC)CCCCCC2)cc1C(=O)OC. The van der Waals surface area contributed by atoms with Crippen LogP contribution in [0.2, 0.25) is 0 Å². The molecule has 1 atom stereocenters. The molecule has 1 amide bonds. The molecule has 6 nitrogen and oxygen atoms in total. The maximum absolute atomic E-state index is 12.9. The van der Waals surface area contributed by atoms with Crippen LogP contribution in [-0.2, 0) is 14.3 Å². The summed E-state index contributed by atoms with van der Waals surface area (Å²) < 4.78 is 16.3. The Morgan fingerprint density at radius 3 is 2.37 bits per heavy atom. The van der Waals surface area contributed by atoms with Crippen molar-refractivity contribution >= 4 is 17.6 Å². The van der Waals surface area contributed by atoms with Crippen LogP contribution in [0.5, 0.6) is 5.75 Å². The van der Waals surface area contributed by atoms with Gasteiger partial charge in [0.15, 0.2) is 0 Å². The summed E-state index contributed by atoms with van der Waals surface area (Å²) in [5, 5.41) is 2.92. The Labute approximate surface area is 161 Å². The van der Waals surface area contributed by atoms with Gasteiger partial charge in [-0.2, -0.15) is 0 Å². The van der Waals surface area contributed by atoms with Crippen molar-refractivity contribution in [3.63, 3.8) is 0 Å². The second-order valence-corrected chi connectivity index (χ2v) is 7.11. The average molecular weight is 377 g/mol. The lowest BCUT2D eigenvalue weighted by Crippen LogP contribution is -2.44. The van der Waals surface area contributed by atoms with Gasteiger partial charge in [-0.1, -0.05) is 32.6 Å². The normalized spacial score (nSPS) is 17.5. The van der Waals surface area contributed by atoms with Gasteiger partial charge in [-0.05, 0) is 44.4 Å². The zero-order valence-electron chi connectivity index (χ0n) is 16.8. The van der Waals surface area contributed by atoms with E-state index in [0.717, 1.165) is 32.1 Å². The number of anilines is 1. The predicted octanol–water partition coefficient (Wildman–Crippen LogP) is 4.33. The monoisotopic (exact) mass is 377 g/mol. The zero-order chi connectivity index (χ0) is 19.9. The third kappa shape index (κ3) is 5.22. The standard InChI is InChI=1S/C21H31NO5/c1-5-15(2)27-18-11-10-16(14-17(18)19(23)25-3)22-20(24)21(26-4)12-8-6-7-9-13-21/h10-11,14-15H,5-9,12-13H2,1-4H3,(H,22,24)/t15-/m1/s1. The van der Waals surface area contributed by atoms with Gasteiger partial charge in [-0.25, -0.2) is 4.79 Å². The number of nitrogens with one attached hydrogen (secondary N) is 1. The molecule has 150 valence electrons. The molecule has 1 N–H and O–H groups in total. The van der Waals surface area contributed by atoms with E-state index in [1.165, 1.54) is 7.11 Å². The van der Waals surface area contributed by atoms with Crippen LogP contribution in [-0.4, -0.2) is 37.8 Å². The summed E-state index contributed by atoms with van der Waals surface area (Å²) in [5.74, 6) is -0.219. The van der Waals surface area contributed by atoms with E-state index in [4.69, 9.17) is 14.2 Å². The predicted molar refractivity (Wildman–Crippen MR) is 104 cm³/mol. The van der Waals surface area contributed by atoms with Crippen LogP contribution in [0.15, 0.2) is 18.2 Å². The summed E-state index contributed by atoms with van der Waals surface area (Å²) >= 11 is 0. The number of hydrogen-bond acceptors (Lipinski definition) is 5. The summed E-state index contributed by atoms with van der Waals surface area (Å²) in [7, 11) is 2.92. The Morgan fingerprint density at radius 1 is 1.15 bits per heavy atom. The molecule has 27 heavy (non-hydrogen) atoms. The van der Waals surface area contributed by atoms with E-state index >= 15 is 0 Å². The molecule has 0 aliphatic heterocycles. The molecule has 2 rings (SSSR count). The maximum Gasteiger partial charge on any atom is 0.341 e. The molecular weight excluding hydrogens is 346 g/mol. The summed E-state index contributed by atoms with van der Waals surface area (Å²) in [5.41, 5.74) is 0.00823. The third-order valence-electron chi connectivity index (χ3n) is 5.26. The van der Waals surface area contributed by atoms with E-state index in [2.05, 4.69) is 5.32 Å². The van der Waals surface area contributed by atoms with E-state index in [-0.39, 0.29) is 12.0 Å². The molecule has 1 aromatic carbocycles. The lowest BCUT2D eigenvalue weighted by atomic mass is 9.93. The Kier molecular flexibility index (Phi) is 7.66. The van der Waals surface area contributed by atoms with Gasteiger partial charge in [0.2, 0.25) is 0 Å². The maximum atomic E-state index is 12.9. The van der Waals surface area contributed by atoms with Crippen LogP contribution in [0, 0.1) is 0 Å². The van der Waals surface area contributed by atoms with Crippen LogP contribution < -0.4 is 10.1 Å². The molecule has 1 aromatic rings. The fraction of sp³-hybridized carbons (Fsp3) is 0.619. The highest BCUT2D eigenvalue weighted by Gasteiger charge is 2.38. The fourth-order valence-electron chi connectivity index (χ4n) is 3.35. The molecule has 0 saturated heterocycles. The van der Waals surface area contributed by atoms with E-state index in [0.29, 0.717) is 29.8 Å². The molecule has 0 radical (unpaired) electrons. The molecular formula is C21H31NO5. The largest absolute Gasteiger partial charge is 0.490 e. The first-order valence-electron chi connectivity index (χ1n) is 9.71. The quantitative estimate of drug-likeness (QED) is 0.565. The van der Waals surface area contributed by atoms with Crippen LogP contribution in [0.4, 0.5) is 5.69 Å². The highest BCUT2D eigenvalue weighted by Crippen LogP contribution is 2.32. The Morgan fingerprint density at radius 2 is 1.81 bits per heavy atom. The average Bonchev–Trinajstić information content (AvgIpc) is 2.94. The van der Waals surface area contributed by atoms with Crippen LogP contribution in [0.25, 0.3) is 0 Å². The number of amides is 1. The first-order valence-corrected chi connectivity index (χ1v) is 9.71. The lowest BCUT2D eigenvalue weighted by Gasteiger charge is -2.30. The van der Waals surface area contributed by atoms with Crippen LogP contribution in [0.3, 0.4) is 0 Å². The highest BCUT2D eigenvalue weighted by molar-refractivity contribution is 5.99. The first kappa shape index (κ1) is 21.2. The van der Waals surface area contributed by atoms with Crippen molar-refractivity contribution in [1.29, 1.82) is 0 Å². The van der Waals surface area contributed by atoms with Gasteiger partial charge >= 0.3 is 5.97 Å². The van der Waals surface area contributed by atoms with Crippen molar-refractivity contribution in [3.8, 4) is 5.75 Å². The molecule has 1 fully saturated rings. The van der Waals surface area contributed by atoms with Gasteiger partial charge in [0.25, 0.3) is 5.91 Å². The number of hydrogen-bond donors (Lipinski definition) is 1. The number of carbonyl (C=O) groups excluding carboxylic acids is 2. The van der Waals surface area contributed by atoms with E-state index in [1.54, 1.807) is 25.3 Å². The van der Waals surface area contributed by atoms with Gasteiger partial charge in [-0.3, -0.25) is 4.79 Å². The zero-order valence-corrected chi connectivity index (χ0v) is 16.8. The molecule has 0 spiro atoms. The van der Waals surface area contributed by atoms with Crippen molar-refractivity contribution in [3.05, 3.63) is 23.8 Å². The number of rotatable bonds is 7. The molecule has 6 heteroatoms. The molecule has 0 bridgehead atoms. The molecule has 0 unspecified atom stereocenters. The minimum Gasteiger partial charge on any atom is -0.490 e. The van der Waals surface area contributed by atoms with Crippen molar-refractivity contribution in [2.45, 2.75) is 70.5 Å². The Bertz CT molecular complexity index is 650. The first-order chi connectivity index (χ1) is 13.0. The minimum absolute atomic E-state index is 0.0309. The van der Waals surface area contributed by atoms with Gasteiger partial charge in [0, 0.05) is 12.8 Å². The highest BCUT2D eigenvalue weighted by atomic mass is 16.5. The Hall–Kier alpha value is -2.08. The van der Waals surface area contributed by atoms with Crippen molar-refractivity contribution in [2.75, 3.05) is 19.5 Å². The number of methoxy groups -OCH3 is 2. The molecule has 0 heterocycles. The van der Waals surface area contributed by atoms with Crippen molar-refractivity contribution in [2.24, 2.45) is 0 Å². The molecule has 0 aromatic heterocycles. The van der Waals surface area contributed by atoms with Crippen molar-refractivity contribution in [1.82, 2.24) is 0 Å². The summed E-state index contributed by atoms with van der Waals surface area (Å²) in [6, 6.07) is 5.03. The fourth-order valence-corrected chi connectivity index (χ4v) is 3.35. The molecule has 1 aliphatic rings. The topological polar surface area (TPSA) is 73.9 Å². The van der Waals surface area contributed by atoms with Gasteiger partial charge in [0.05, 0.1) is 13.2 Å². The molecule has 1 aliphatic carbocycles. The van der Waals surface area contributed by atoms with E-state index < -0.39 is 11.6 Å². The van der Waals surface area contributed by atoms with Crippen LogP contribution >= 0.6 is 0 Å². The smallest absolute Gasteiger partial charge is 0.341 e. The van der Waals surface area contributed by atoms with Gasteiger partial charge in [-0.15, -0.1) is 0 Å². The van der Waals surface area contributed by atoms with Gasteiger partial charge < -0.3 is 19.5 Å². The number of esters is 1. The van der Waals surface area contributed by atoms with Crippen molar-refractivity contribution < 1.29 is 23.8 Å². The Balaban J connectivity index is 2.24. The van der Waals surface area contributed by atoms with Gasteiger partial charge in [0.1, 0.15) is 16.9 Å². The third-order valence-corrected chi connectivity index (χ3v) is 5.26.